The molecule has 0 radical (unpaired) electrons. The quantitative estimate of drug-likeness (QED) is 0.366. The molecule has 0 fully saturated rings. The van der Waals surface area contributed by atoms with E-state index in [0.29, 0.717) is 26.9 Å². The van der Waals surface area contributed by atoms with E-state index in [4.69, 9.17) is 37.6 Å². The van der Waals surface area contributed by atoms with E-state index in [0.717, 1.165) is 11.1 Å². The van der Waals surface area contributed by atoms with Gasteiger partial charge in [0.05, 0.1) is 22.9 Å². The maximum absolute atomic E-state index is 12.1. The molecule has 2 aromatic carbocycles. The van der Waals surface area contributed by atoms with E-state index in [9.17, 15) is 4.79 Å². The van der Waals surface area contributed by atoms with E-state index in [1.54, 1.807) is 37.3 Å². The summed E-state index contributed by atoms with van der Waals surface area (Å²) in [6.45, 7) is 3.74. The Balaban J connectivity index is 2.32. The number of carbonyl (C=O) groups excluding carboxylic acids is 1. The molecule has 0 spiro atoms. The van der Waals surface area contributed by atoms with Crippen LogP contribution in [0.1, 0.15) is 29.2 Å². The van der Waals surface area contributed by atoms with E-state index in [1.165, 1.54) is 14.2 Å². The molecule has 148 valence electrons. The summed E-state index contributed by atoms with van der Waals surface area (Å²) in [5.74, 6) is -0.615. The monoisotopic (exact) mass is 422 g/mol. The highest BCUT2D eigenvalue weighted by Crippen LogP contribution is 2.25. The number of nitrogens with zero attached hydrogens (tertiary/aromatic N) is 2. The Bertz CT molecular complexity index is 906. The molecule has 0 unspecified atom stereocenters. The van der Waals surface area contributed by atoms with Crippen molar-refractivity contribution in [3.05, 3.63) is 68.7 Å². The SMILES string of the molecule is CO/N=C(/C(=O)OC)c1cccc(C)c1CO/N=C(\C)c1c(Cl)cccc1Cl. The van der Waals surface area contributed by atoms with Crippen LogP contribution in [-0.2, 0) is 25.8 Å². The average Bonchev–Trinajstić information content (AvgIpc) is 2.66. The summed E-state index contributed by atoms with van der Waals surface area (Å²) < 4.78 is 4.79. The minimum absolute atomic E-state index is 0.0437. The molecule has 0 saturated heterocycles. The lowest BCUT2D eigenvalue weighted by Crippen LogP contribution is -2.20. The van der Waals surface area contributed by atoms with Crippen LogP contribution in [0.2, 0.25) is 10.0 Å². The zero-order chi connectivity index (χ0) is 20.7. The molecule has 0 aliphatic rings. The molecular formula is C20H20Cl2N2O4. The van der Waals surface area contributed by atoms with E-state index < -0.39 is 5.97 Å². The van der Waals surface area contributed by atoms with Gasteiger partial charge in [0.25, 0.3) is 0 Å². The molecule has 8 heteroatoms. The third-order valence-electron chi connectivity index (χ3n) is 3.96. The first-order valence-corrected chi connectivity index (χ1v) is 9.05. The topological polar surface area (TPSA) is 69.5 Å². The van der Waals surface area contributed by atoms with Crippen LogP contribution in [0.3, 0.4) is 0 Å². The van der Waals surface area contributed by atoms with E-state index >= 15 is 0 Å². The first-order chi connectivity index (χ1) is 13.4. The second-order valence-electron chi connectivity index (χ2n) is 5.76. The maximum atomic E-state index is 12.1. The average molecular weight is 423 g/mol. The van der Waals surface area contributed by atoms with Crippen molar-refractivity contribution in [1.82, 2.24) is 0 Å². The van der Waals surface area contributed by atoms with E-state index in [-0.39, 0.29) is 12.3 Å². The molecule has 0 aromatic heterocycles. The van der Waals surface area contributed by atoms with Gasteiger partial charge in [0.15, 0.2) is 5.71 Å². The molecule has 0 aliphatic carbocycles. The fraction of sp³-hybridized carbons (Fsp3) is 0.250. The Kier molecular flexibility index (Phi) is 7.84. The van der Waals surface area contributed by atoms with Gasteiger partial charge in [0, 0.05) is 16.7 Å². The Morgan fingerprint density at radius 2 is 1.68 bits per heavy atom. The number of esters is 1. The number of oxime groups is 2. The second kappa shape index (κ2) is 10.1. The summed E-state index contributed by atoms with van der Waals surface area (Å²) in [4.78, 5) is 22.4. The van der Waals surface area contributed by atoms with Crippen molar-refractivity contribution in [2.45, 2.75) is 20.5 Å². The number of aryl methyl sites for hydroxylation is 1. The van der Waals surface area contributed by atoms with Crippen LogP contribution in [0.4, 0.5) is 0 Å². The molecule has 2 aromatic rings. The molecule has 6 nitrogen and oxygen atoms in total. The van der Waals surface area contributed by atoms with Crippen LogP contribution < -0.4 is 0 Å². The van der Waals surface area contributed by atoms with E-state index in [1.807, 2.05) is 13.0 Å². The van der Waals surface area contributed by atoms with Crippen LogP contribution in [0.15, 0.2) is 46.7 Å². The lowest BCUT2D eigenvalue weighted by Gasteiger charge is -2.13. The Morgan fingerprint density at radius 3 is 2.29 bits per heavy atom. The molecule has 2 rings (SSSR count). The Labute approximate surface area is 173 Å². The van der Waals surface area contributed by atoms with Crippen molar-refractivity contribution in [3.8, 4) is 0 Å². The largest absolute Gasteiger partial charge is 0.464 e. The number of hydrogen-bond acceptors (Lipinski definition) is 6. The zero-order valence-electron chi connectivity index (χ0n) is 16.0. The lowest BCUT2D eigenvalue weighted by atomic mass is 9.99. The number of rotatable bonds is 7. The number of ether oxygens (including phenoxy) is 1. The van der Waals surface area contributed by atoms with Crippen LogP contribution in [-0.4, -0.2) is 31.6 Å². The predicted molar refractivity (Wildman–Crippen MR) is 110 cm³/mol. The molecule has 0 N–H and O–H groups in total. The highest BCUT2D eigenvalue weighted by atomic mass is 35.5. The molecular weight excluding hydrogens is 403 g/mol. The first kappa shape index (κ1) is 21.7. The normalized spacial score (nSPS) is 11.9. The van der Waals surface area contributed by atoms with Gasteiger partial charge in [-0.25, -0.2) is 4.79 Å². The van der Waals surface area contributed by atoms with Crippen molar-refractivity contribution in [3.63, 3.8) is 0 Å². The van der Waals surface area contributed by atoms with Gasteiger partial charge in [-0.05, 0) is 31.5 Å². The van der Waals surface area contributed by atoms with Gasteiger partial charge in [-0.3, -0.25) is 0 Å². The molecule has 28 heavy (non-hydrogen) atoms. The number of benzene rings is 2. The standard InChI is InChI=1S/C20H20Cl2N2O4/c1-12-7-5-8-14(19(24-27-4)20(25)26-3)15(12)11-28-23-13(2)18-16(21)9-6-10-17(18)22/h5-10H,11H2,1-4H3/b23-13+,24-19+. The Hall–Kier alpha value is -2.57. The number of hydrogen-bond donors (Lipinski definition) is 0. The third kappa shape index (κ3) is 5.03. The van der Waals surface area contributed by atoms with Crippen LogP contribution in [0.25, 0.3) is 0 Å². The summed E-state index contributed by atoms with van der Waals surface area (Å²) in [5.41, 5.74) is 3.34. The van der Waals surface area contributed by atoms with Crippen molar-refractivity contribution in [2.75, 3.05) is 14.2 Å². The fourth-order valence-corrected chi connectivity index (χ4v) is 3.25. The van der Waals surface area contributed by atoms with Gasteiger partial charge in [0.1, 0.15) is 13.7 Å². The smallest absolute Gasteiger partial charge is 0.360 e. The maximum Gasteiger partial charge on any atom is 0.360 e. The van der Waals surface area contributed by atoms with E-state index in [2.05, 4.69) is 10.3 Å². The molecule has 0 heterocycles. The lowest BCUT2D eigenvalue weighted by molar-refractivity contribution is -0.132. The third-order valence-corrected chi connectivity index (χ3v) is 4.59. The highest BCUT2D eigenvalue weighted by molar-refractivity contribution is 6.43. The van der Waals surface area contributed by atoms with Crippen molar-refractivity contribution >= 4 is 40.6 Å². The van der Waals surface area contributed by atoms with Gasteiger partial charge < -0.3 is 14.4 Å². The molecule has 0 bridgehead atoms. The van der Waals surface area contributed by atoms with Crippen molar-refractivity contribution < 1.29 is 19.2 Å². The van der Waals surface area contributed by atoms with Gasteiger partial charge in [-0.2, -0.15) is 0 Å². The van der Waals surface area contributed by atoms with Crippen LogP contribution in [0.5, 0.6) is 0 Å². The predicted octanol–water partition coefficient (Wildman–Crippen LogP) is 4.77. The first-order valence-electron chi connectivity index (χ1n) is 8.30. The molecule has 0 saturated carbocycles. The second-order valence-corrected chi connectivity index (χ2v) is 6.58. The van der Waals surface area contributed by atoms with Gasteiger partial charge in [0.2, 0.25) is 0 Å². The molecule has 0 amide bonds. The number of methoxy groups -OCH3 is 1. The number of halogens is 2. The fourth-order valence-electron chi connectivity index (χ4n) is 2.58. The summed E-state index contributed by atoms with van der Waals surface area (Å²) in [7, 11) is 2.64. The van der Waals surface area contributed by atoms with Crippen LogP contribution >= 0.6 is 23.2 Å². The van der Waals surface area contributed by atoms with Gasteiger partial charge in [-0.1, -0.05) is 57.8 Å². The zero-order valence-corrected chi connectivity index (χ0v) is 17.5. The van der Waals surface area contributed by atoms with Crippen molar-refractivity contribution in [2.24, 2.45) is 10.3 Å². The summed E-state index contributed by atoms with van der Waals surface area (Å²) in [6.07, 6.45) is 0. The minimum Gasteiger partial charge on any atom is -0.464 e. The summed E-state index contributed by atoms with van der Waals surface area (Å²) >= 11 is 12.4. The van der Waals surface area contributed by atoms with Gasteiger partial charge in [-0.15, -0.1) is 0 Å². The molecule has 0 aliphatic heterocycles. The van der Waals surface area contributed by atoms with Crippen LogP contribution in [0, 0.1) is 6.92 Å². The molecule has 0 atom stereocenters. The summed E-state index contributed by atoms with van der Waals surface area (Å²) in [6, 6.07) is 10.6. The summed E-state index contributed by atoms with van der Waals surface area (Å²) in [5, 5.41) is 8.88. The van der Waals surface area contributed by atoms with Crippen molar-refractivity contribution in [1.29, 1.82) is 0 Å². The number of carbonyl (C=O) groups is 1. The highest BCUT2D eigenvalue weighted by Gasteiger charge is 2.20. The van der Waals surface area contributed by atoms with Gasteiger partial charge >= 0.3 is 5.97 Å². The minimum atomic E-state index is -0.615. The Morgan fingerprint density at radius 1 is 1.04 bits per heavy atom.